The molecule has 0 fully saturated rings. The Balaban J connectivity index is 2.62. The van der Waals surface area contributed by atoms with Gasteiger partial charge in [-0.2, -0.15) is 0 Å². The minimum absolute atomic E-state index is 0.154. The van der Waals surface area contributed by atoms with E-state index in [1.807, 2.05) is 37.7 Å². The highest BCUT2D eigenvalue weighted by Crippen LogP contribution is 2.27. The maximum Gasteiger partial charge on any atom is 0.147 e. The van der Waals surface area contributed by atoms with Crippen LogP contribution < -0.4 is 10.5 Å². The number of nitrogens with two attached hydrogens (primary N) is 1. The third-order valence-electron chi connectivity index (χ3n) is 2.48. The van der Waals surface area contributed by atoms with Crippen molar-refractivity contribution in [1.29, 1.82) is 0 Å². The zero-order valence-electron chi connectivity index (χ0n) is 9.90. The molecule has 2 rings (SSSR count). The van der Waals surface area contributed by atoms with Gasteiger partial charge in [0.05, 0.1) is 11.6 Å². The predicted molar refractivity (Wildman–Crippen MR) is 64.4 cm³/mol. The first-order chi connectivity index (χ1) is 7.63. The van der Waals surface area contributed by atoms with Gasteiger partial charge in [-0.1, -0.05) is 0 Å². The molecular formula is C12H17N3O. The van der Waals surface area contributed by atoms with Crippen LogP contribution in [0.5, 0.6) is 5.75 Å². The molecule has 0 saturated carbocycles. The Morgan fingerprint density at radius 3 is 2.88 bits per heavy atom. The number of hydrogen-bond donors (Lipinski definition) is 1. The first-order valence-electron chi connectivity index (χ1n) is 5.43. The van der Waals surface area contributed by atoms with E-state index in [2.05, 4.69) is 4.98 Å². The van der Waals surface area contributed by atoms with E-state index in [0.29, 0.717) is 6.54 Å². The highest BCUT2D eigenvalue weighted by atomic mass is 16.5. The second-order valence-corrected chi connectivity index (χ2v) is 4.14. The maximum atomic E-state index is 5.76. The topological polar surface area (TPSA) is 53.1 Å². The SMILES string of the molecule is CC(C)Oc1ccnc2c(CN)cn(C)c12. The minimum atomic E-state index is 0.154. The summed E-state index contributed by atoms with van der Waals surface area (Å²) in [5.41, 5.74) is 8.68. The van der Waals surface area contributed by atoms with E-state index in [1.165, 1.54) is 0 Å². The Morgan fingerprint density at radius 2 is 2.25 bits per heavy atom. The number of ether oxygens (including phenoxy) is 1. The van der Waals surface area contributed by atoms with Gasteiger partial charge in [0, 0.05) is 37.6 Å². The van der Waals surface area contributed by atoms with Gasteiger partial charge in [-0.15, -0.1) is 0 Å². The Hall–Kier alpha value is -1.55. The molecule has 0 aromatic carbocycles. The van der Waals surface area contributed by atoms with Crippen molar-refractivity contribution in [3.8, 4) is 5.75 Å². The molecule has 0 aliphatic rings. The molecule has 4 heteroatoms. The molecule has 0 aliphatic carbocycles. The summed E-state index contributed by atoms with van der Waals surface area (Å²) >= 11 is 0. The van der Waals surface area contributed by atoms with Crippen LogP contribution in [0.2, 0.25) is 0 Å². The summed E-state index contributed by atoms with van der Waals surface area (Å²) in [6.45, 7) is 4.52. The van der Waals surface area contributed by atoms with Crippen LogP contribution >= 0.6 is 0 Å². The van der Waals surface area contributed by atoms with E-state index in [-0.39, 0.29) is 6.10 Å². The molecule has 2 aromatic heterocycles. The van der Waals surface area contributed by atoms with Crippen molar-refractivity contribution in [3.05, 3.63) is 24.0 Å². The van der Waals surface area contributed by atoms with E-state index < -0.39 is 0 Å². The van der Waals surface area contributed by atoms with Crippen molar-refractivity contribution in [2.75, 3.05) is 0 Å². The van der Waals surface area contributed by atoms with Gasteiger partial charge in [0.2, 0.25) is 0 Å². The maximum absolute atomic E-state index is 5.76. The zero-order chi connectivity index (χ0) is 11.7. The van der Waals surface area contributed by atoms with Crippen molar-refractivity contribution >= 4 is 11.0 Å². The number of pyridine rings is 1. The lowest BCUT2D eigenvalue weighted by atomic mass is 10.2. The molecule has 0 aliphatic heterocycles. The van der Waals surface area contributed by atoms with E-state index >= 15 is 0 Å². The largest absolute Gasteiger partial charge is 0.489 e. The summed E-state index contributed by atoms with van der Waals surface area (Å²) in [4.78, 5) is 4.36. The molecule has 0 radical (unpaired) electrons. The number of aromatic nitrogens is 2. The monoisotopic (exact) mass is 219 g/mol. The average molecular weight is 219 g/mol. The molecule has 16 heavy (non-hydrogen) atoms. The summed E-state index contributed by atoms with van der Waals surface area (Å²) in [6.07, 6.45) is 3.92. The molecule has 0 atom stereocenters. The second kappa shape index (κ2) is 4.14. The number of hydrogen-bond acceptors (Lipinski definition) is 3. The van der Waals surface area contributed by atoms with Crippen molar-refractivity contribution in [3.63, 3.8) is 0 Å². The van der Waals surface area contributed by atoms with Crippen molar-refractivity contribution in [1.82, 2.24) is 9.55 Å². The summed E-state index contributed by atoms with van der Waals surface area (Å²) in [5, 5.41) is 0. The smallest absolute Gasteiger partial charge is 0.147 e. The molecule has 0 amide bonds. The van der Waals surface area contributed by atoms with E-state index in [9.17, 15) is 0 Å². The van der Waals surface area contributed by atoms with E-state index in [1.54, 1.807) is 6.20 Å². The molecule has 0 spiro atoms. The van der Waals surface area contributed by atoms with Gasteiger partial charge in [0.15, 0.2) is 0 Å². The fourth-order valence-corrected chi connectivity index (χ4v) is 1.87. The lowest BCUT2D eigenvalue weighted by molar-refractivity contribution is 0.244. The first kappa shape index (κ1) is 11.0. The fourth-order valence-electron chi connectivity index (χ4n) is 1.87. The molecule has 0 saturated heterocycles. The van der Waals surface area contributed by atoms with Crippen LogP contribution in [0.25, 0.3) is 11.0 Å². The zero-order valence-corrected chi connectivity index (χ0v) is 9.90. The quantitative estimate of drug-likeness (QED) is 0.856. The summed E-state index contributed by atoms with van der Waals surface area (Å²) in [5.74, 6) is 0.863. The normalized spacial score (nSPS) is 11.3. The van der Waals surface area contributed by atoms with Crippen molar-refractivity contribution in [2.24, 2.45) is 12.8 Å². The minimum Gasteiger partial charge on any atom is -0.489 e. The van der Waals surface area contributed by atoms with E-state index in [0.717, 1.165) is 22.3 Å². The predicted octanol–water partition coefficient (Wildman–Crippen LogP) is 1.82. The number of aryl methyl sites for hydroxylation is 1. The Morgan fingerprint density at radius 1 is 1.50 bits per heavy atom. The summed E-state index contributed by atoms with van der Waals surface area (Å²) in [7, 11) is 1.98. The lowest BCUT2D eigenvalue weighted by Crippen LogP contribution is -2.06. The van der Waals surface area contributed by atoms with Gasteiger partial charge in [-0.25, -0.2) is 0 Å². The standard InChI is InChI=1S/C12H17N3O/c1-8(2)16-10-4-5-14-11-9(6-13)7-15(3)12(10)11/h4-5,7-8H,6,13H2,1-3H3. The molecule has 4 nitrogen and oxygen atoms in total. The summed E-state index contributed by atoms with van der Waals surface area (Å²) in [6, 6.07) is 1.89. The Kier molecular flexibility index (Phi) is 2.83. The molecule has 2 heterocycles. The number of rotatable bonds is 3. The molecule has 86 valence electrons. The van der Waals surface area contributed by atoms with Gasteiger partial charge in [-0.3, -0.25) is 4.98 Å². The van der Waals surface area contributed by atoms with Crippen LogP contribution in [0.15, 0.2) is 18.5 Å². The first-order valence-corrected chi connectivity index (χ1v) is 5.43. The van der Waals surface area contributed by atoms with Crippen LogP contribution in [0.3, 0.4) is 0 Å². The van der Waals surface area contributed by atoms with Gasteiger partial charge in [-0.05, 0) is 13.8 Å². The third kappa shape index (κ3) is 1.76. The molecule has 0 bridgehead atoms. The second-order valence-electron chi connectivity index (χ2n) is 4.14. The van der Waals surface area contributed by atoms with Crippen molar-refractivity contribution < 1.29 is 4.74 Å². The molecule has 2 N–H and O–H groups in total. The Bertz CT molecular complexity index is 502. The fraction of sp³-hybridized carbons (Fsp3) is 0.417. The van der Waals surface area contributed by atoms with Crippen LogP contribution in [-0.4, -0.2) is 15.7 Å². The van der Waals surface area contributed by atoms with E-state index in [4.69, 9.17) is 10.5 Å². The highest BCUT2D eigenvalue weighted by Gasteiger charge is 2.12. The number of nitrogens with zero attached hydrogens (tertiary/aromatic N) is 2. The van der Waals surface area contributed by atoms with Crippen LogP contribution in [0, 0.1) is 0 Å². The van der Waals surface area contributed by atoms with Gasteiger partial charge in [0.1, 0.15) is 11.3 Å². The molecule has 0 unspecified atom stereocenters. The van der Waals surface area contributed by atoms with Crippen LogP contribution in [0.4, 0.5) is 0 Å². The van der Waals surface area contributed by atoms with Gasteiger partial charge < -0.3 is 15.0 Å². The summed E-state index contributed by atoms with van der Waals surface area (Å²) < 4.78 is 7.78. The Labute approximate surface area is 95.0 Å². The van der Waals surface area contributed by atoms with Gasteiger partial charge >= 0.3 is 0 Å². The van der Waals surface area contributed by atoms with Crippen LogP contribution in [-0.2, 0) is 13.6 Å². The van der Waals surface area contributed by atoms with Gasteiger partial charge in [0.25, 0.3) is 0 Å². The average Bonchev–Trinajstić information content (AvgIpc) is 2.56. The lowest BCUT2D eigenvalue weighted by Gasteiger charge is -2.11. The van der Waals surface area contributed by atoms with Crippen LogP contribution in [0.1, 0.15) is 19.4 Å². The molecular weight excluding hydrogens is 202 g/mol. The molecule has 2 aromatic rings. The highest BCUT2D eigenvalue weighted by molar-refractivity contribution is 5.85. The van der Waals surface area contributed by atoms with Crippen molar-refractivity contribution in [2.45, 2.75) is 26.5 Å². The third-order valence-corrected chi connectivity index (χ3v) is 2.48. The number of fused-ring (bicyclic) bond motifs is 1.